The fraction of sp³-hybridized carbons (Fsp3) is 0.556. The van der Waals surface area contributed by atoms with E-state index >= 15 is 0 Å². The highest BCUT2D eigenvalue weighted by atomic mass is 31.2. The highest BCUT2D eigenvalue weighted by molar-refractivity contribution is 7.46. The van der Waals surface area contributed by atoms with Crippen LogP contribution in [0.5, 0.6) is 0 Å². The van der Waals surface area contributed by atoms with Crippen molar-refractivity contribution in [2.45, 2.75) is 24.5 Å². The molecule has 2 heterocycles. The Morgan fingerprint density at radius 2 is 2.00 bits per heavy atom. The van der Waals surface area contributed by atoms with E-state index in [1.165, 1.54) is 0 Å². The molecule has 1 aliphatic heterocycles. The third-order valence-electron chi connectivity index (χ3n) is 3.00. The second-order valence-corrected chi connectivity index (χ2v) is 5.83. The quantitative estimate of drug-likeness (QED) is 0.308. The number of phosphoric acid groups is 1. The number of aliphatic hydroxyl groups excluding tert-OH is 2. The Hall–Kier alpha value is -1.53. The zero-order valence-electron chi connectivity index (χ0n) is 11.0. The lowest BCUT2D eigenvalue weighted by atomic mass is 10.1. The van der Waals surface area contributed by atoms with E-state index in [9.17, 15) is 19.6 Å². The van der Waals surface area contributed by atoms with E-state index in [1.54, 1.807) is 0 Å². The minimum Gasteiger partial charge on any atom is -0.387 e. The van der Waals surface area contributed by atoms with E-state index in [0.717, 1.165) is 10.6 Å². The molecular weight excluding hydrogens is 323 g/mol. The Labute approximate surface area is 123 Å². The molecule has 0 aliphatic carbocycles. The molecule has 0 aromatic carbocycles. The number of nitrogen functional groups attached to an aromatic ring is 2. The third-order valence-corrected chi connectivity index (χ3v) is 3.49. The van der Waals surface area contributed by atoms with Crippen LogP contribution in [0.15, 0.2) is 10.9 Å². The van der Waals surface area contributed by atoms with Crippen molar-refractivity contribution in [3.05, 3.63) is 16.6 Å². The molecule has 124 valence electrons. The van der Waals surface area contributed by atoms with Crippen molar-refractivity contribution in [2.24, 2.45) is 0 Å². The Kier molecular flexibility index (Phi) is 4.54. The maximum absolute atomic E-state index is 11.8. The predicted molar refractivity (Wildman–Crippen MR) is 71.2 cm³/mol. The van der Waals surface area contributed by atoms with Gasteiger partial charge in [0.2, 0.25) is 0 Å². The Balaban J connectivity index is 2.24. The summed E-state index contributed by atoms with van der Waals surface area (Å²) in [4.78, 5) is 32.5. The van der Waals surface area contributed by atoms with Crippen molar-refractivity contribution in [1.82, 2.24) is 9.55 Å². The van der Waals surface area contributed by atoms with Gasteiger partial charge in [-0.15, -0.1) is 0 Å². The summed E-state index contributed by atoms with van der Waals surface area (Å²) in [5, 5.41) is 19.7. The van der Waals surface area contributed by atoms with Gasteiger partial charge in [0.05, 0.1) is 6.61 Å². The third kappa shape index (κ3) is 3.44. The molecule has 22 heavy (non-hydrogen) atoms. The summed E-state index contributed by atoms with van der Waals surface area (Å²) in [7, 11) is -4.78. The molecule has 0 amide bonds. The van der Waals surface area contributed by atoms with Crippen LogP contribution in [0, 0.1) is 0 Å². The summed E-state index contributed by atoms with van der Waals surface area (Å²) < 4.78 is 20.8. The lowest BCUT2D eigenvalue weighted by Crippen LogP contribution is -2.37. The smallest absolute Gasteiger partial charge is 0.387 e. The molecule has 12 nitrogen and oxygen atoms in total. The number of rotatable bonds is 4. The van der Waals surface area contributed by atoms with E-state index in [2.05, 4.69) is 9.51 Å². The van der Waals surface area contributed by atoms with Gasteiger partial charge in [0.25, 0.3) is 0 Å². The molecule has 1 fully saturated rings. The van der Waals surface area contributed by atoms with Gasteiger partial charge in [-0.3, -0.25) is 4.52 Å². The lowest BCUT2D eigenvalue weighted by molar-refractivity contribution is -0.0530. The fourth-order valence-corrected chi connectivity index (χ4v) is 2.38. The molecule has 0 bridgehead atoms. The summed E-state index contributed by atoms with van der Waals surface area (Å²) in [5.74, 6) is -0.293. The van der Waals surface area contributed by atoms with Crippen LogP contribution in [0.4, 0.5) is 11.6 Å². The van der Waals surface area contributed by atoms with Crippen LogP contribution < -0.4 is 17.2 Å². The Morgan fingerprint density at radius 1 is 1.36 bits per heavy atom. The van der Waals surface area contributed by atoms with Crippen molar-refractivity contribution in [2.75, 3.05) is 18.1 Å². The number of anilines is 2. The molecule has 0 spiro atoms. The van der Waals surface area contributed by atoms with Crippen LogP contribution in [-0.2, 0) is 13.8 Å². The van der Waals surface area contributed by atoms with Crippen molar-refractivity contribution < 1.29 is 33.8 Å². The summed E-state index contributed by atoms with van der Waals surface area (Å²) in [6.45, 7) is -0.698. The summed E-state index contributed by atoms with van der Waals surface area (Å²) >= 11 is 0. The van der Waals surface area contributed by atoms with Gasteiger partial charge in [0, 0.05) is 6.07 Å². The molecule has 2 rings (SSSR count). The van der Waals surface area contributed by atoms with Crippen molar-refractivity contribution >= 4 is 19.5 Å². The Bertz CT molecular complexity index is 660. The van der Waals surface area contributed by atoms with E-state index in [1.807, 2.05) is 0 Å². The van der Waals surface area contributed by atoms with Crippen molar-refractivity contribution in [1.29, 1.82) is 0 Å². The number of phosphoric ester groups is 1. The molecule has 1 aliphatic rings. The molecular formula is C9H15N4O8P. The highest BCUT2D eigenvalue weighted by Crippen LogP contribution is 2.38. The number of ether oxygens (including phenoxy) is 1. The van der Waals surface area contributed by atoms with Gasteiger partial charge < -0.3 is 36.2 Å². The zero-order chi connectivity index (χ0) is 16.7. The van der Waals surface area contributed by atoms with Crippen LogP contribution in [0.1, 0.15) is 6.23 Å². The number of hydrogen-bond acceptors (Lipinski definition) is 9. The van der Waals surface area contributed by atoms with E-state index in [-0.39, 0.29) is 11.6 Å². The summed E-state index contributed by atoms with van der Waals surface area (Å²) in [6.07, 6.45) is -5.83. The van der Waals surface area contributed by atoms with Gasteiger partial charge in [-0.05, 0) is 0 Å². The number of hydrogen-bond donors (Lipinski definition) is 6. The largest absolute Gasteiger partial charge is 0.469 e. The fourth-order valence-electron chi connectivity index (χ4n) is 2.03. The highest BCUT2D eigenvalue weighted by Gasteiger charge is 2.45. The van der Waals surface area contributed by atoms with Gasteiger partial charge in [-0.2, -0.15) is 4.98 Å². The van der Waals surface area contributed by atoms with E-state index in [0.29, 0.717) is 0 Å². The zero-order valence-corrected chi connectivity index (χ0v) is 11.9. The molecule has 0 saturated carbocycles. The average Bonchev–Trinajstić information content (AvgIpc) is 2.63. The molecule has 4 atom stereocenters. The van der Waals surface area contributed by atoms with Gasteiger partial charge in [-0.1, -0.05) is 0 Å². The molecule has 13 heteroatoms. The minimum absolute atomic E-state index is 0.131. The maximum atomic E-state index is 11.8. The van der Waals surface area contributed by atoms with E-state index in [4.69, 9.17) is 26.0 Å². The number of aromatic nitrogens is 2. The minimum atomic E-state index is -4.78. The SMILES string of the molecule is Nc1cc(N)n([C@@H]2O[C@H](COP(=O)(O)O)C(O)[C@@H]2O)c(=O)n1. The number of nitrogens with two attached hydrogens (primary N) is 2. The second-order valence-electron chi connectivity index (χ2n) is 4.59. The van der Waals surface area contributed by atoms with Gasteiger partial charge >= 0.3 is 13.5 Å². The molecule has 1 aromatic heterocycles. The first-order valence-corrected chi connectivity index (χ1v) is 7.49. The van der Waals surface area contributed by atoms with Gasteiger partial charge in [0.1, 0.15) is 29.9 Å². The maximum Gasteiger partial charge on any atom is 0.469 e. The summed E-state index contributed by atoms with van der Waals surface area (Å²) in [5.41, 5.74) is 10.0. The monoisotopic (exact) mass is 338 g/mol. The van der Waals surface area contributed by atoms with Crippen LogP contribution in [0.3, 0.4) is 0 Å². The molecule has 8 N–H and O–H groups in total. The first-order valence-electron chi connectivity index (χ1n) is 5.96. The Morgan fingerprint density at radius 3 is 2.55 bits per heavy atom. The second kappa shape index (κ2) is 5.93. The molecule has 1 saturated heterocycles. The molecule has 1 unspecified atom stereocenters. The normalized spacial score (nSPS) is 28.9. The van der Waals surface area contributed by atoms with E-state index < -0.39 is 44.7 Å². The number of nitrogens with zero attached hydrogens (tertiary/aromatic N) is 2. The first-order chi connectivity index (χ1) is 10.1. The van der Waals surface area contributed by atoms with Crippen LogP contribution in [0.25, 0.3) is 0 Å². The standard InChI is InChI=1S/C9H15N4O8P/c10-4-1-5(11)13(9(16)12-4)8-7(15)6(14)3(21-8)2-20-22(17,18)19/h1,3,6-8,14-15H,2,11H2,(H2,10,12,16)(H2,17,18,19)/t3-,6?,7+,8-/m1/s1. The molecule has 1 aromatic rings. The molecule has 0 radical (unpaired) electrons. The van der Waals surface area contributed by atoms with Gasteiger partial charge in [0.15, 0.2) is 6.23 Å². The van der Waals surface area contributed by atoms with Crippen LogP contribution in [-0.4, -0.2) is 54.5 Å². The van der Waals surface area contributed by atoms with Crippen molar-refractivity contribution in [3.8, 4) is 0 Å². The number of aliphatic hydroxyl groups is 2. The van der Waals surface area contributed by atoms with Crippen LogP contribution >= 0.6 is 7.82 Å². The van der Waals surface area contributed by atoms with Gasteiger partial charge in [-0.25, -0.2) is 13.9 Å². The first kappa shape index (κ1) is 16.8. The van der Waals surface area contributed by atoms with Crippen molar-refractivity contribution in [3.63, 3.8) is 0 Å². The topological polar surface area (TPSA) is 203 Å². The average molecular weight is 338 g/mol. The summed E-state index contributed by atoms with van der Waals surface area (Å²) in [6, 6.07) is 1.16. The van der Waals surface area contributed by atoms with Crippen LogP contribution in [0.2, 0.25) is 0 Å². The predicted octanol–water partition coefficient (Wildman–Crippen LogP) is -2.86. The lowest BCUT2D eigenvalue weighted by Gasteiger charge is -2.19.